The van der Waals surface area contributed by atoms with E-state index in [9.17, 15) is 9.59 Å². The maximum atomic E-state index is 13.0. The lowest BCUT2D eigenvalue weighted by atomic mass is 9.94. The average Bonchev–Trinajstić information content (AvgIpc) is 2.69. The quantitative estimate of drug-likeness (QED) is 0.809. The van der Waals surface area contributed by atoms with Crippen LogP contribution in [0.1, 0.15) is 30.9 Å². The molecule has 0 atom stereocenters. The zero-order chi connectivity index (χ0) is 19.2. The third-order valence-corrected chi connectivity index (χ3v) is 5.29. The molecule has 4 heteroatoms. The van der Waals surface area contributed by atoms with Gasteiger partial charge in [0.25, 0.3) is 0 Å². The van der Waals surface area contributed by atoms with Crippen molar-refractivity contribution in [1.29, 1.82) is 0 Å². The molecule has 0 aliphatic carbocycles. The van der Waals surface area contributed by atoms with Gasteiger partial charge in [-0.25, -0.2) is 0 Å². The molecule has 2 aromatic rings. The summed E-state index contributed by atoms with van der Waals surface area (Å²) in [5.74, 6) is 0.322. The molecule has 1 aliphatic heterocycles. The van der Waals surface area contributed by atoms with Gasteiger partial charge in [0, 0.05) is 31.2 Å². The molecule has 0 spiro atoms. The summed E-state index contributed by atoms with van der Waals surface area (Å²) in [7, 11) is 0. The average molecular weight is 364 g/mol. The van der Waals surface area contributed by atoms with E-state index in [-0.39, 0.29) is 17.7 Å². The molecule has 2 aromatic carbocycles. The topological polar surface area (TPSA) is 40.6 Å². The van der Waals surface area contributed by atoms with Gasteiger partial charge in [0.2, 0.25) is 11.8 Å². The fraction of sp³-hybridized carbons (Fsp3) is 0.391. The second-order valence-electron chi connectivity index (χ2n) is 7.24. The first-order valence-electron chi connectivity index (χ1n) is 9.78. The molecule has 0 N–H and O–H groups in total. The lowest BCUT2D eigenvalue weighted by Gasteiger charge is -2.34. The van der Waals surface area contributed by atoms with Gasteiger partial charge in [-0.05, 0) is 49.9 Å². The van der Waals surface area contributed by atoms with Gasteiger partial charge in [0.05, 0.1) is 6.42 Å². The molecule has 1 fully saturated rings. The van der Waals surface area contributed by atoms with Gasteiger partial charge in [0.15, 0.2) is 0 Å². The Kier molecular flexibility index (Phi) is 6.28. The summed E-state index contributed by atoms with van der Waals surface area (Å²) < 4.78 is 0. The minimum atomic E-state index is -0.00811. The van der Waals surface area contributed by atoms with Crippen molar-refractivity contribution in [1.82, 2.24) is 4.90 Å². The molecule has 27 heavy (non-hydrogen) atoms. The molecule has 0 bridgehead atoms. The Labute approximate surface area is 161 Å². The number of carbonyl (C=O) groups is 2. The van der Waals surface area contributed by atoms with Crippen LogP contribution in [0.2, 0.25) is 0 Å². The number of hydrogen-bond donors (Lipinski definition) is 0. The van der Waals surface area contributed by atoms with Gasteiger partial charge in [-0.15, -0.1) is 0 Å². The Hall–Kier alpha value is -2.62. The predicted octanol–water partition coefficient (Wildman–Crippen LogP) is 3.83. The smallest absolute Gasteiger partial charge is 0.230 e. The zero-order valence-corrected chi connectivity index (χ0v) is 16.2. The third-order valence-electron chi connectivity index (χ3n) is 5.29. The number of nitrogens with zero attached hydrogens (tertiary/aromatic N) is 2. The van der Waals surface area contributed by atoms with Crippen LogP contribution in [0.5, 0.6) is 0 Å². The first-order valence-corrected chi connectivity index (χ1v) is 9.78. The van der Waals surface area contributed by atoms with Crippen LogP contribution in [0.15, 0.2) is 54.6 Å². The van der Waals surface area contributed by atoms with Crippen LogP contribution >= 0.6 is 0 Å². The molecule has 3 rings (SSSR count). The Morgan fingerprint density at radius 1 is 1.04 bits per heavy atom. The first kappa shape index (κ1) is 19.2. The summed E-state index contributed by atoms with van der Waals surface area (Å²) in [6.07, 6.45) is 1.91. The van der Waals surface area contributed by atoms with E-state index >= 15 is 0 Å². The highest BCUT2D eigenvalue weighted by Gasteiger charge is 2.30. The second kappa shape index (κ2) is 8.85. The molecule has 1 saturated heterocycles. The molecule has 0 aromatic heterocycles. The van der Waals surface area contributed by atoms with Gasteiger partial charge >= 0.3 is 0 Å². The number of rotatable bonds is 5. The van der Waals surface area contributed by atoms with Crippen molar-refractivity contribution in [3.05, 3.63) is 65.7 Å². The molecular weight excluding hydrogens is 336 g/mol. The lowest BCUT2D eigenvalue weighted by molar-refractivity contribution is -0.134. The minimum Gasteiger partial charge on any atom is -0.342 e. The number of amides is 2. The van der Waals surface area contributed by atoms with E-state index in [0.29, 0.717) is 26.1 Å². The van der Waals surface area contributed by atoms with Crippen LogP contribution in [0.25, 0.3) is 0 Å². The summed E-state index contributed by atoms with van der Waals surface area (Å²) in [5.41, 5.74) is 3.16. The molecular formula is C23H28N2O2. The minimum absolute atomic E-state index is 0.00811. The molecule has 0 saturated carbocycles. The largest absolute Gasteiger partial charge is 0.342 e. The van der Waals surface area contributed by atoms with Crippen LogP contribution in [-0.4, -0.2) is 36.3 Å². The van der Waals surface area contributed by atoms with E-state index < -0.39 is 0 Å². The SMILES string of the molecule is CCN(C(=O)C1CCN(C(=O)Cc2ccccc2)CC1)c1cccc(C)c1. The number of anilines is 1. The van der Waals surface area contributed by atoms with Crippen molar-refractivity contribution in [2.45, 2.75) is 33.1 Å². The van der Waals surface area contributed by atoms with Crippen molar-refractivity contribution < 1.29 is 9.59 Å². The van der Waals surface area contributed by atoms with Gasteiger partial charge in [0.1, 0.15) is 0 Å². The van der Waals surface area contributed by atoms with Crippen molar-refractivity contribution >= 4 is 17.5 Å². The van der Waals surface area contributed by atoms with E-state index in [2.05, 4.69) is 6.07 Å². The molecule has 1 heterocycles. The predicted molar refractivity (Wildman–Crippen MR) is 109 cm³/mol. The van der Waals surface area contributed by atoms with Crippen LogP contribution < -0.4 is 4.90 Å². The lowest BCUT2D eigenvalue weighted by Crippen LogP contribution is -2.45. The molecule has 0 radical (unpaired) electrons. The Morgan fingerprint density at radius 3 is 2.37 bits per heavy atom. The number of aryl methyl sites for hydroxylation is 1. The summed E-state index contributed by atoms with van der Waals surface area (Å²) >= 11 is 0. The first-order chi connectivity index (χ1) is 13.1. The van der Waals surface area contributed by atoms with Crippen LogP contribution in [0.3, 0.4) is 0 Å². The van der Waals surface area contributed by atoms with Crippen molar-refractivity contribution in [2.75, 3.05) is 24.5 Å². The summed E-state index contributed by atoms with van der Waals surface area (Å²) in [4.78, 5) is 29.3. The Morgan fingerprint density at radius 2 is 1.74 bits per heavy atom. The molecule has 142 valence electrons. The molecule has 2 amide bonds. The number of likely N-dealkylation sites (tertiary alicyclic amines) is 1. The second-order valence-corrected chi connectivity index (χ2v) is 7.24. The van der Waals surface area contributed by atoms with Crippen molar-refractivity contribution in [2.24, 2.45) is 5.92 Å². The van der Waals surface area contributed by atoms with Crippen molar-refractivity contribution in [3.8, 4) is 0 Å². The highest BCUT2D eigenvalue weighted by atomic mass is 16.2. The van der Waals surface area contributed by atoms with Crippen LogP contribution in [0, 0.1) is 12.8 Å². The molecule has 4 nitrogen and oxygen atoms in total. The fourth-order valence-corrected chi connectivity index (χ4v) is 3.74. The van der Waals surface area contributed by atoms with Gasteiger partial charge < -0.3 is 9.80 Å². The summed E-state index contributed by atoms with van der Waals surface area (Å²) in [5, 5.41) is 0. The zero-order valence-electron chi connectivity index (χ0n) is 16.2. The molecule has 0 unspecified atom stereocenters. The van der Waals surface area contributed by atoms with Gasteiger partial charge in [-0.3, -0.25) is 9.59 Å². The number of piperidine rings is 1. The van der Waals surface area contributed by atoms with E-state index in [4.69, 9.17) is 0 Å². The van der Waals surface area contributed by atoms with E-state index in [1.165, 1.54) is 0 Å². The molecule has 1 aliphatic rings. The highest BCUT2D eigenvalue weighted by Crippen LogP contribution is 2.24. The summed E-state index contributed by atoms with van der Waals surface area (Å²) in [6.45, 7) is 6.04. The van der Waals surface area contributed by atoms with Crippen LogP contribution in [0.4, 0.5) is 5.69 Å². The van der Waals surface area contributed by atoms with Gasteiger partial charge in [-0.2, -0.15) is 0 Å². The van der Waals surface area contributed by atoms with E-state index in [0.717, 1.165) is 29.7 Å². The maximum Gasteiger partial charge on any atom is 0.230 e. The highest BCUT2D eigenvalue weighted by molar-refractivity contribution is 5.95. The summed E-state index contributed by atoms with van der Waals surface area (Å²) in [6, 6.07) is 17.9. The Balaban J connectivity index is 1.57. The number of benzene rings is 2. The van der Waals surface area contributed by atoms with Crippen LogP contribution in [-0.2, 0) is 16.0 Å². The normalized spacial score (nSPS) is 14.8. The third kappa shape index (κ3) is 4.76. The maximum absolute atomic E-state index is 13.0. The monoisotopic (exact) mass is 364 g/mol. The van der Waals surface area contributed by atoms with Crippen molar-refractivity contribution in [3.63, 3.8) is 0 Å². The van der Waals surface area contributed by atoms with E-state index in [1.54, 1.807) is 0 Å². The fourth-order valence-electron chi connectivity index (χ4n) is 3.74. The standard InChI is InChI=1S/C23H28N2O2/c1-3-25(21-11-7-8-18(2)16-21)23(27)20-12-14-24(15-13-20)22(26)17-19-9-5-4-6-10-19/h4-11,16,20H,3,12-15,17H2,1-2H3. The number of carbonyl (C=O) groups excluding carboxylic acids is 2. The van der Waals surface area contributed by atoms with Gasteiger partial charge in [-0.1, -0.05) is 42.5 Å². The Bertz CT molecular complexity index is 780. The van der Waals surface area contributed by atoms with E-state index in [1.807, 2.05) is 72.2 Å². The number of hydrogen-bond acceptors (Lipinski definition) is 2.